The van der Waals surface area contributed by atoms with Gasteiger partial charge in [0.2, 0.25) is 0 Å². The van der Waals surface area contributed by atoms with Gasteiger partial charge in [-0.05, 0) is 42.8 Å². The van der Waals surface area contributed by atoms with Gasteiger partial charge in [0.15, 0.2) is 6.61 Å². The number of hydrogen-bond acceptors (Lipinski definition) is 5. The molecule has 0 aliphatic rings. The molecule has 0 spiro atoms. The molecule has 0 aliphatic carbocycles. The predicted octanol–water partition coefficient (Wildman–Crippen LogP) is 1.91. The van der Waals surface area contributed by atoms with Crippen molar-refractivity contribution >= 4 is 5.91 Å². The van der Waals surface area contributed by atoms with Gasteiger partial charge in [-0.3, -0.25) is 4.79 Å². The molecular weight excluding hydrogens is 286 g/mol. The molecule has 1 heterocycles. The summed E-state index contributed by atoms with van der Waals surface area (Å²) in [5.41, 5.74) is 0. The molecule has 0 fully saturated rings. The van der Waals surface area contributed by atoms with E-state index in [0.29, 0.717) is 24.5 Å². The van der Waals surface area contributed by atoms with Gasteiger partial charge >= 0.3 is 0 Å². The number of aliphatic hydroxyl groups is 1. The molecule has 6 nitrogen and oxygen atoms in total. The maximum atomic E-state index is 11.6. The SMILES string of the molecule is COc1ccc(OCC(=O)NCCC(O)c2ccco2)cc1. The molecule has 1 atom stereocenters. The fourth-order valence-electron chi connectivity index (χ4n) is 1.84. The Balaban J connectivity index is 1.65. The van der Waals surface area contributed by atoms with Gasteiger partial charge in [-0.15, -0.1) is 0 Å². The maximum Gasteiger partial charge on any atom is 0.257 e. The van der Waals surface area contributed by atoms with Crippen LogP contribution in [0.1, 0.15) is 18.3 Å². The highest BCUT2D eigenvalue weighted by Gasteiger charge is 2.10. The molecule has 1 amide bonds. The Hall–Kier alpha value is -2.47. The van der Waals surface area contributed by atoms with Crippen molar-refractivity contribution in [2.75, 3.05) is 20.3 Å². The molecule has 6 heteroatoms. The summed E-state index contributed by atoms with van der Waals surface area (Å²) in [6.07, 6.45) is 1.15. The molecule has 1 unspecified atom stereocenters. The molecular formula is C16H19NO5. The highest BCUT2D eigenvalue weighted by molar-refractivity contribution is 5.77. The monoisotopic (exact) mass is 305 g/mol. The van der Waals surface area contributed by atoms with Crippen LogP contribution in [0.5, 0.6) is 11.5 Å². The summed E-state index contributed by atoms with van der Waals surface area (Å²) >= 11 is 0. The molecule has 0 saturated heterocycles. The Kier molecular flexibility index (Phi) is 5.85. The standard InChI is InChI=1S/C16H19NO5/c1-20-12-4-6-13(7-5-12)22-11-16(19)17-9-8-14(18)15-3-2-10-21-15/h2-7,10,14,18H,8-9,11H2,1H3,(H,17,19). The number of furan rings is 1. The Morgan fingerprint density at radius 1 is 1.27 bits per heavy atom. The van der Waals surface area contributed by atoms with Gasteiger partial charge in [0.1, 0.15) is 23.4 Å². The van der Waals surface area contributed by atoms with Crippen molar-refractivity contribution in [3.8, 4) is 11.5 Å². The van der Waals surface area contributed by atoms with Crippen LogP contribution in [0.25, 0.3) is 0 Å². The van der Waals surface area contributed by atoms with Crippen LogP contribution in [0.3, 0.4) is 0 Å². The van der Waals surface area contributed by atoms with Crippen molar-refractivity contribution in [1.29, 1.82) is 0 Å². The van der Waals surface area contributed by atoms with Gasteiger partial charge in [0.25, 0.3) is 5.91 Å². The third-order valence-corrected chi connectivity index (χ3v) is 3.04. The summed E-state index contributed by atoms with van der Waals surface area (Å²) in [7, 11) is 1.58. The zero-order chi connectivity index (χ0) is 15.8. The zero-order valence-electron chi connectivity index (χ0n) is 12.3. The van der Waals surface area contributed by atoms with E-state index in [4.69, 9.17) is 13.9 Å². The van der Waals surface area contributed by atoms with E-state index in [1.807, 2.05) is 0 Å². The van der Waals surface area contributed by atoms with Crippen LogP contribution in [0.2, 0.25) is 0 Å². The lowest BCUT2D eigenvalue weighted by atomic mass is 10.2. The van der Waals surface area contributed by atoms with Crippen LogP contribution in [0.15, 0.2) is 47.1 Å². The van der Waals surface area contributed by atoms with Crippen LogP contribution in [-0.2, 0) is 4.79 Å². The number of carbonyl (C=O) groups is 1. The fraction of sp³-hybridized carbons (Fsp3) is 0.312. The molecule has 2 aromatic rings. The second-order valence-corrected chi connectivity index (χ2v) is 4.63. The molecule has 2 N–H and O–H groups in total. The maximum absolute atomic E-state index is 11.6. The Labute approximate surface area is 128 Å². The first-order chi connectivity index (χ1) is 10.7. The van der Waals surface area contributed by atoms with E-state index >= 15 is 0 Å². The van der Waals surface area contributed by atoms with E-state index in [1.165, 1.54) is 6.26 Å². The van der Waals surface area contributed by atoms with E-state index < -0.39 is 6.10 Å². The number of benzene rings is 1. The number of rotatable bonds is 8. The molecule has 1 aromatic heterocycles. The molecule has 0 saturated carbocycles. The van der Waals surface area contributed by atoms with Crippen LogP contribution in [-0.4, -0.2) is 31.3 Å². The van der Waals surface area contributed by atoms with E-state index in [2.05, 4.69) is 5.32 Å². The van der Waals surface area contributed by atoms with Gasteiger partial charge in [0, 0.05) is 6.54 Å². The average molecular weight is 305 g/mol. The number of carbonyl (C=O) groups excluding carboxylic acids is 1. The topological polar surface area (TPSA) is 80.9 Å². The third-order valence-electron chi connectivity index (χ3n) is 3.04. The van der Waals surface area contributed by atoms with Gasteiger partial charge < -0.3 is 24.3 Å². The second kappa shape index (κ2) is 8.09. The molecule has 0 bridgehead atoms. The van der Waals surface area contributed by atoms with E-state index in [1.54, 1.807) is 43.5 Å². The molecule has 0 radical (unpaired) electrons. The van der Waals surface area contributed by atoms with Crippen molar-refractivity contribution in [1.82, 2.24) is 5.32 Å². The minimum Gasteiger partial charge on any atom is -0.497 e. The van der Waals surface area contributed by atoms with E-state index in [-0.39, 0.29) is 12.5 Å². The average Bonchev–Trinajstić information content (AvgIpc) is 3.08. The number of ether oxygens (including phenoxy) is 2. The van der Waals surface area contributed by atoms with Crippen molar-refractivity contribution in [2.24, 2.45) is 0 Å². The molecule has 2 rings (SSSR count). The van der Waals surface area contributed by atoms with Gasteiger partial charge in [-0.1, -0.05) is 0 Å². The summed E-state index contributed by atoms with van der Waals surface area (Å²) in [6, 6.07) is 10.4. The first-order valence-electron chi connectivity index (χ1n) is 6.94. The van der Waals surface area contributed by atoms with Crippen molar-refractivity contribution < 1.29 is 23.8 Å². The highest BCUT2D eigenvalue weighted by atomic mass is 16.5. The Morgan fingerprint density at radius 2 is 2.00 bits per heavy atom. The van der Waals surface area contributed by atoms with Gasteiger partial charge in [-0.25, -0.2) is 0 Å². The van der Waals surface area contributed by atoms with E-state index in [0.717, 1.165) is 5.75 Å². The minimum atomic E-state index is -0.724. The predicted molar refractivity (Wildman–Crippen MR) is 79.8 cm³/mol. The summed E-state index contributed by atoms with van der Waals surface area (Å²) < 4.78 is 15.5. The van der Waals surface area contributed by atoms with Gasteiger partial charge in [-0.2, -0.15) is 0 Å². The number of methoxy groups -OCH3 is 1. The third kappa shape index (κ3) is 4.82. The Bertz CT molecular complexity index is 565. The lowest BCUT2D eigenvalue weighted by Crippen LogP contribution is -2.30. The van der Waals surface area contributed by atoms with Crippen LogP contribution >= 0.6 is 0 Å². The first kappa shape index (κ1) is 15.9. The highest BCUT2D eigenvalue weighted by Crippen LogP contribution is 2.17. The smallest absolute Gasteiger partial charge is 0.257 e. The van der Waals surface area contributed by atoms with Crippen LogP contribution in [0.4, 0.5) is 0 Å². The lowest BCUT2D eigenvalue weighted by molar-refractivity contribution is -0.123. The number of amides is 1. The lowest BCUT2D eigenvalue weighted by Gasteiger charge is -2.10. The Morgan fingerprint density at radius 3 is 2.64 bits per heavy atom. The van der Waals surface area contributed by atoms with E-state index in [9.17, 15) is 9.90 Å². The quantitative estimate of drug-likeness (QED) is 0.778. The summed E-state index contributed by atoms with van der Waals surface area (Å²) in [6.45, 7) is 0.260. The summed E-state index contributed by atoms with van der Waals surface area (Å²) in [5, 5.41) is 12.5. The van der Waals surface area contributed by atoms with Crippen molar-refractivity contribution in [3.05, 3.63) is 48.4 Å². The fourth-order valence-corrected chi connectivity index (χ4v) is 1.84. The number of hydrogen-bond donors (Lipinski definition) is 2. The summed E-state index contributed by atoms with van der Waals surface area (Å²) in [4.78, 5) is 11.6. The van der Waals surface area contributed by atoms with Crippen molar-refractivity contribution in [2.45, 2.75) is 12.5 Å². The summed E-state index contributed by atoms with van der Waals surface area (Å²) in [5.74, 6) is 1.56. The zero-order valence-corrected chi connectivity index (χ0v) is 12.3. The number of nitrogens with one attached hydrogen (secondary N) is 1. The van der Waals surface area contributed by atoms with Crippen LogP contribution in [0, 0.1) is 0 Å². The first-order valence-corrected chi connectivity index (χ1v) is 6.94. The normalized spacial score (nSPS) is 11.7. The molecule has 1 aromatic carbocycles. The second-order valence-electron chi connectivity index (χ2n) is 4.63. The largest absolute Gasteiger partial charge is 0.497 e. The van der Waals surface area contributed by atoms with Gasteiger partial charge in [0.05, 0.1) is 13.4 Å². The molecule has 118 valence electrons. The van der Waals surface area contributed by atoms with Crippen molar-refractivity contribution in [3.63, 3.8) is 0 Å². The molecule has 0 aliphatic heterocycles. The number of aliphatic hydroxyl groups excluding tert-OH is 1. The molecule has 22 heavy (non-hydrogen) atoms. The minimum absolute atomic E-state index is 0.0802. The van der Waals surface area contributed by atoms with Crippen LogP contribution < -0.4 is 14.8 Å².